The van der Waals surface area contributed by atoms with E-state index in [1.807, 2.05) is 30.0 Å². The second-order valence-corrected chi connectivity index (χ2v) is 10.2. The van der Waals surface area contributed by atoms with Crippen LogP contribution in [0.15, 0.2) is 73.0 Å². The summed E-state index contributed by atoms with van der Waals surface area (Å²) in [6.45, 7) is 12.0. The summed E-state index contributed by atoms with van der Waals surface area (Å²) in [4.78, 5) is 2.41. The number of aryl methyl sites for hydroxylation is 1. The number of ether oxygens (including phenoxy) is 1. The molecule has 0 saturated carbocycles. The third-order valence-corrected chi connectivity index (χ3v) is 7.02. The Morgan fingerprint density at radius 2 is 1.83 bits per heavy atom. The third kappa shape index (κ3) is 10.7. The molecule has 0 aromatic heterocycles. The van der Waals surface area contributed by atoms with E-state index in [2.05, 4.69) is 50.5 Å². The van der Waals surface area contributed by atoms with E-state index >= 15 is 0 Å². The van der Waals surface area contributed by atoms with Crippen molar-refractivity contribution in [3.05, 3.63) is 89.6 Å². The molecule has 0 saturated heterocycles. The predicted molar refractivity (Wildman–Crippen MR) is 148 cm³/mol. The number of benzene rings is 2. The average Bonchev–Trinajstić information content (AvgIpc) is 2.85. The first-order valence-corrected chi connectivity index (χ1v) is 13.9. The minimum atomic E-state index is -4.32. The average molecular weight is 520 g/mol. The van der Waals surface area contributed by atoms with Crippen LogP contribution in [-0.2, 0) is 19.2 Å². The van der Waals surface area contributed by atoms with Crippen LogP contribution in [-0.4, -0.2) is 29.0 Å². The van der Waals surface area contributed by atoms with Crippen molar-refractivity contribution in [3.63, 3.8) is 0 Å². The first-order chi connectivity index (χ1) is 17.2. The maximum atomic E-state index is 12.7. The molecular formula is C30H40F3NOS. The van der Waals surface area contributed by atoms with Gasteiger partial charge in [0.2, 0.25) is 0 Å². The number of hydrogen-bond acceptors (Lipinski definition) is 3. The van der Waals surface area contributed by atoms with Gasteiger partial charge < -0.3 is 9.64 Å². The monoisotopic (exact) mass is 519 g/mol. The molecule has 0 N–H and O–H groups in total. The van der Waals surface area contributed by atoms with Crippen LogP contribution in [0.3, 0.4) is 0 Å². The number of halogens is 3. The van der Waals surface area contributed by atoms with Gasteiger partial charge in [-0.2, -0.15) is 24.9 Å². The highest BCUT2D eigenvalue weighted by molar-refractivity contribution is 7.99. The molecule has 2 rings (SSSR count). The third-order valence-electron chi connectivity index (χ3n) is 5.97. The summed E-state index contributed by atoms with van der Waals surface area (Å²) in [5.74, 6) is 3.06. The molecule has 36 heavy (non-hydrogen) atoms. The van der Waals surface area contributed by atoms with Crippen molar-refractivity contribution >= 4 is 11.8 Å². The maximum Gasteiger partial charge on any atom is 0.416 e. The normalized spacial score (nSPS) is 12.6. The fourth-order valence-corrected chi connectivity index (χ4v) is 4.88. The van der Waals surface area contributed by atoms with Crippen molar-refractivity contribution in [2.24, 2.45) is 0 Å². The molecule has 0 radical (unpaired) electrons. The topological polar surface area (TPSA) is 12.5 Å². The molecule has 0 aliphatic heterocycles. The molecule has 6 heteroatoms. The van der Waals surface area contributed by atoms with Crippen LogP contribution in [0.4, 0.5) is 13.2 Å². The van der Waals surface area contributed by atoms with E-state index in [-0.39, 0.29) is 6.61 Å². The summed E-state index contributed by atoms with van der Waals surface area (Å²) in [6.07, 6.45) is 5.60. The molecule has 0 aliphatic carbocycles. The van der Waals surface area contributed by atoms with Crippen LogP contribution in [0.2, 0.25) is 0 Å². The van der Waals surface area contributed by atoms with E-state index in [4.69, 9.17) is 4.74 Å². The zero-order valence-corrected chi connectivity index (χ0v) is 22.6. The van der Waals surface area contributed by atoms with Gasteiger partial charge >= 0.3 is 6.18 Å². The Hall–Kier alpha value is -2.34. The zero-order valence-electron chi connectivity index (χ0n) is 21.8. The Labute approximate surface area is 219 Å². The zero-order chi connectivity index (χ0) is 26.4. The number of thioether (sulfide) groups is 1. The second kappa shape index (κ2) is 15.7. The van der Waals surface area contributed by atoms with Crippen molar-refractivity contribution < 1.29 is 17.9 Å². The molecule has 2 nitrogen and oxygen atoms in total. The highest BCUT2D eigenvalue weighted by atomic mass is 32.2. The fourth-order valence-electron chi connectivity index (χ4n) is 3.86. The van der Waals surface area contributed by atoms with Gasteiger partial charge in [-0.15, -0.1) is 0 Å². The summed E-state index contributed by atoms with van der Waals surface area (Å²) in [5, 5.41) is 0. The molecule has 0 aliphatic rings. The van der Waals surface area contributed by atoms with Gasteiger partial charge in [-0.3, -0.25) is 0 Å². The molecule has 1 unspecified atom stereocenters. The van der Waals surface area contributed by atoms with E-state index in [0.29, 0.717) is 11.6 Å². The number of nitrogens with zero attached hydrogens (tertiary/aromatic N) is 1. The van der Waals surface area contributed by atoms with E-state index in [9.17, 15) is 13.2 Å². The van der Waals surface area contributed by atoms with Gasteiger partial charge in [-0.1, -0.05) is 63.3 Å². The van der Waals surface area contributed by atoms with E-state index in [0.717, 1.165) is 55.1 Å². The number of hydrogen-bond donors (Lipinski definition) is 0. The van der Waals surface area contributed by atoms with Crippen LogP contribution in [0, 0.1) is 0 Å². The van der Waals surface area contributed by atoms with Crippen LogP contribution in [0.1, 0.15) is 63.1 Å². The molecule has 2 aromatic carbocycles. The Bertz CT molecular complexity index is 940. The SMILES string of the molecule is C=C(C)N(CCSCCCC)C(/C=C/CCc1cccc(OCc2ccc(C(F)(F)F)cc2)c1)CC. The minimum Gasteiger partial charge on any atom is -0.489 e. The van der Waals surface area contributed by atoms with Gasteiger partial charge in [0.05, 0.1) is 5.56 Å². The van der Waals surface area contributed by atoms with Gasteiger partial charge in [0.1, 0.15) is 12.4 Å². The predicted octanol–water partition coefficient (Wildman–Crippen LogP) is 8.92. The standard InChI is InChI=1S/C30H40F3NOS/c1-5-7-20-36-21-19-34(24(3)4)28(6-2)13-9-8-11-25-12-10-14-29(22-25)35-23-26-15-17-27(18-16-26)30(31,32)33/h9-10,12-18,22,28H,3,5-8,11,19-21,23H2,1-2,4H3/b13-9+. The van der Waals surface area contributed by atoms with Gasteiger partial charge in [-0.05, 0) is 73.8 Å². The largest absolute Gasteiger partial charge is 0.489 e. The summed E-state index contributed by atoms with van der Waals surface area (Å²) in [6, 6.07) is 13.4. The number of allylic oxidation sites excluding steroid dienone is 2. The Morgan fingerprint density at radius 3 is 2.47 bits per heavy atom. The smallest absolute Gasteiger partial charge is 0.416 e. The maximum absolute atomic E-state index is 12.7. The van der Waals surface area contributed by atoms with E-state index in [1.165, 1.54) is 36.3 Å². The highest BCUT2D eigenvalue weighted by Crippen LogP contribution is 2.29. The Morgan fingerprint density at radius 1 is 1.08 bits per heavy atom. The number of rotatable bonds is 16. The first kappa shape index (κ1) is 29.9. The van der Waals surface area contributed by atoms with E-state index < -0.39 is 11.7 Å². The lowest BCUT2D eigenvalue weighted by molar-refractivity contribution is -0.137. The van der Waals surface area contributed by atoms with Crippen molar-refractivity contribution in [2.45, 2.75) is 71.7 Å². The van der Waals surface area contributed by atoms with Gasteiger partial charge in [0.25, 0.3) is 0 Å². The quantitative estimate of drug-likeness (QED) is 0.162. The molecule has 1 atom stereocenters. The molecule has 0 heterocycles. The number of unbranched alkanes of at least 4 members (excludes halogenated alkanes) is 1. The first-order valence-electron chi connectivity index (χ1n) is 12.8. The van der Waals surface area contributed by atoms with Crippen molar-refractivity contribution in [3.8, 4) is 5.75 Å². The molecule has 0 spiro atoms. The molecule has 0 bridgehead atoms. The number of alkyl halides is 3. The van der Waals surface area contributed by atoms with Gasteiger partial charge in [0.15, 0.2) is 0 Å². The molecule has 0 fully saturated rings. The molecule has 198 valence electrons. The van der Waals surface area contributed by atoms with Crippen LogP contribution in [0.25, 0.3) is 0 Å². The highest BCUT2D eigenvalue weighted by Gasteiger charge is 2.29. The van der Waals surface area contributed by atoms with E-state index in [1.54, 1.807) is 0 Å². The summed E-state index contributed by atoms with van der Waals surface area (Å²) in [7, 11) is 0. The summed E-state index contributed by atoms with van der Waals surface area (Å²) < 4.78 is 44.0. The van der Waals surface area contributed by atoms with Crippen molar-refractivity contribution in [2.75, 3.05) is 18.1 Å². The summed E-state index contributed by atoms with van der Waals surface area (Å²) >= 11 is 2.02. The Balaban J connectivity index is 1.84. The Kier molecular flexibility index (Phi) is 13.0. The molecular weight excluding hydrogens is 479 g/mol. The lowest BCUT2D eigenvalue weighted by atomic mass is 10.1. The van der Waals surface area contributed by atoms with Crippen LogP contribution in [0.5, 0.6) is 5.75 Å². The second-order valence-electron chi connectivity index (χ2n) is 8.97. The lowest BCUT2D eigenvalue weighted by Crippen LogP contribution is -2.33. The molecule has 2 aromatic rings. The summed E-state index contributed by atoms with van der Waals surface area (Å²) in [5.41, 5.74) is 2.33. The molecule has 0 amide bonds. The van der Waals surface area contributed by atoms with Gasteiger partial charge in [-0.25, -0.2) is 0 Å². The van der Waals surface area contributed by atoms with Crippen LogP contribution >= 0.6 is 11.8 Å². The van der Waals surface area contributed by atoms with Crippen molar-refractivity contribution in [1.82, 2.24) is 4.90 Å². The van der Waals surface area contributed by atoms with Crippen LogP contribution < -0.4 is 4.74 Å². The van der Waals surface area contributed by atoms with Gasteiger partial charge in [0, 0.05) is 24.0 Å². The van der Waals surface area contributed by atoms with Crippen molar-refractivity contribution in [1.29, 1.82) is 0 Å². The fraction of sp³-hybridized carbons (Fsp3) is 0.467. The lowest BCUT2D eigenvalue weighted by Gasteiger charge is -2.31. The minimum absolute atomic E-state index is 0.229.